The van der Waals surface area contributed by atoms with Gasteiger partial charge in [-0.25, -0.2) is 4.79 Å². The number of nitrogens with one attached hydrogen (secondary N) is 2. The summed E-state index contributed by atoms with van der Waals surface area (Å²) in [6, 6.07) is 7.99. The lowest BCUT2D eigenvalue weighted by atomic mass is 9.50. The van der Waals surface area contributed by atoms with E-state index < -0.39 is 12.1 Å². The Hall–Kier alpha value is -2.63. The van der Waals surface area contributed by atoms with Gasteiger partial charge < -0.3 is 19.8 Å². The van der Waals surface area contributed by atoms with Crippen LogP contribution >= 0.6 is 0 Å². The molecular formula is C25H32N4O4. The predicted octanol–water partition coefficient (Wildman–Crippen LogP) is 2.50. The lowest BCUT2D eigenvalue weighted by Crippen LogP contribution is -2.50. The molecule has 1 aromatic heterocycles. The predicted molar refractivity (Wildman–Crippen MR) is 123 cm³/mol. The monoisotopic (exact) mass is 452 g/mol. The number of nitrogens with zero attached hydrogens (tertiary/aromatic N) is 2. The Balaban J connectivity index is 1.26. The Bertz CT molecular complexity index is 1110. The third-order valence-corrected chi connectivity index (χ3v) is 8.35. The van der Waals surface area contributed by atoms with Crippen LogP contribution in [-0.4, -0.2) is 42.3 Å². The van der Waals surface area contributed by atoms with E-state index in [1.807, 2.05) is 6.07 Å². The fourth-order valence-corrected chi connectivity index (χ4v) is 6.17. The molecule has 2 N–H and O–H groups in total. The molecule has 1 saturated heterocycles. The zero-order valence-electron chi connectivity index (χ0n) is 19.2. The number of aromatic nitrogens is 1. The molecule has 4 aliphatic rings. The first-order chi connectivity index (χ1) is 15.9. The normalized spacial score (nSPS) is 30.5. The Kier molecular flexibility index (Phi) is 5.79. The van der Waals surface area contributed by atoms with Crippen LogP contribution in [-0.2, 0) is 22.0 Å². The summed E-state index contributed by atoms with van der Waals surface area (Å²) in [6.45, 7) is 1.90. The molecule has 2 atom stereocenters. The van der Waals surface area contributed by atoms with Gasteiger partial charge in [-0.15, -0.1) is 0 Å². The van der Waals surface area contributed by atoms with Crippen LogP contribution in [0.3, 0.4) is 0 Å². The molecule has 1 aliphatic heterocycles. The summed E-state index contributed by atoms with van der Waals surface area (Å²) in [4.78, 5) is 24.6. The highest BCUT2D eigenvalue weighted by Gasteiger charge is 2.50. The van der Waals surface area contributed by atoms with E-state index in [0.29, 0.717) is 25.2 Å². The van der Waals surface area contributed by atoms with Crippen LogP contribution in [0.4, 0.5) is 0 Å². The number of benzene rings is 1. The van der Waals surface area contributed by atoms with Crippen molar-refractivity contribution in [2.24, 2.45) is 12.5 Å². The number of hydrogen-bond donors (Lipinski definition) is 2. The smallest absolute Gasteiger partial charge is 0.408 e. The largest absolute Gasteiger partial charge is 0.419 e. The third-order valence-electron chi connectivity index (χ3n) is 8.35. The van der Waals surface area contributed by atoms with Crippen molar-refractivity contribution in [2.45, 2.75) is 68.9 Å². The first-order valence-corrected chi connectivity index (χ1v) is 12.1. The van der Waals surface area contributed by atoms with Crippen molar-refractivity contribution in [3.63, 3.8) is 0 Å². The minimum absolute atomic E-state index is 0.102. The summed E-state index contributed by atoms with van der Waals surface area (Å²) in [5.74, 6) is -0.520. The van der Waals surface area contributed by atoms with Gasteiger partial charge in [-0.2, -0.15) is 5.26 Å². The maximum atomic E-state index is 12.7. The average Bonchev–Trinajstić information content (AvgIpc) is 3.02. The average molecular weight is 453 g/mol. The molecular weight excluding hydrogens is 420 g/mol. The van der Waals surface area contributed by atoms with Gasteiger partial charge in [0, 0.05) is 20.2 Å². The van der Waals surface area contributed by atoms with E-state index in [4.69, 9.17) is 9.15 Å². The van der Waals surface area contributed by atoms with Crippen molar-refractivity contribution >= 4 is 17.0 Å². The zero-order valence-corrected chi connectivity index (χ0v) is 19.2. The van der Waals surface area contributed by atoms with E-state index in [0.717, 1.165) is 57.0 Å². The van der Waals surface area contributed by atoms with Crippen molar-refractivity contribution < 1.29 is 13.9 Å². The van der Waals surface area contributed by atoms with Gasteiger partial charge in [0.1, 0.15) is 12.1 Å². The van der Waals surface area contributed by atoms with E-state index in [9.17, 15) is 14.9 Å². The molecule has 0 unspecified atom stereocenters. The molecule has 176 valence electrons. The topological polar surface area (TPSA) is 109 Å². The molecule has 0 radical (unpaired) electrons. The van der Waals surface area contributed by atoms with Gasteiger partial charge in [0.15, 0.2) is 5.58 Å². The second-order valence-corrected chi connectivity index (χ2v) is 10.2. The van der Waals surface area contributed by atoms with Gasteiger partial charge in [0.05, 0.1) is 11.6 Å². The highest BCUT2D eigenvalue weighted by Crippen LogP contribution is 2.59. The van der Waals surface area contributed by atoms with Crippen LogP contribution in [0, 0.1) is 16.7 Å². The molecule has 2 heterocycles. The number of aryl methyl sites for hydroxylation is 1. The van der Waals surface area contributed by atoms with E-state index in [1.54, 1.807) is 11.6 Å². The first kappa shape index (κ1) is 22.2. The second kappa shape index (κ2) is 8.62. The summed E-state index contributed by atoms with van der Waals surface area (Å²) in [5.41, 5.74) is 2.97. The van der Waals surface area contributed by atoms with Gasteiger partial charge in [0.2, 0.25) is 0 Å². The second-order valence-electron chi connectivity index (χ2n) is 10.2. The molecule has 2 aromatic rings. The molecule has 8 nitrogen and oxygen atoms in total. The number of carbonyl (C=O) groups excluding carboxylic acids is 1. The molecule has 1 amide bonds. The van der Waals surface area contributed by atoms with Crippen LogP contribution in [0.25, 0.3) is 11.1 Å². The molecule has 3 saturated carbocycles. The Morgan fingerprint density at radius 1 is 1.30 bits per heavy atom. The number of carbonyl (C=O) groups is 1. The lowest BCUT2D eigenvalue weighted by molar-refractivity contribution is -0.132. The van der Waals surface area contributed by atoms with Crippen molar-refractivity contribution in [3.8, 4) is 6.07 Å². The number of hydrogen-bond acceptors (Lipinski definition) is 6. The summed E-state index contributed by atoms with van der Waals surface area (Å²) in [6.07, 6.45) is 7.38. The van der Waals surface area contributed by atoms with Gasteiger partial charge in [-0.3, -0.25) is 9.36 Å². The summed E-state index contributed by atoms with van der Waals surface area (Å²) >= 11 is 0. The minimum Gasteiger partial charge on any atom is -0.408 e. The van der Waals surface area contributed by atoms with E-state index >= 15 is 0 Å². The first-order valence-electron chi connectivity index (χ1n) is 12.1. The van der Waals surface area contributed by atoms with Crippen molar-refractivity contribution in [2.75, 3.05) is 19.7 Å². The molecule has 4 fully saturated rings. The van der Waals surface area contributed by atoms with Gasteiger partial charge in [0.25, 0.3) is 5.91 Å². The Labute approximate surface area is 193 Å². The van der Waals surface area contributed by atoms with Gasteiger partial charge in [-0.05, 0) is 86.4 Å². The highest BCUT2D eigenvalue weighted by molar-refractivity contribution is 5.81. The van der Waals surface area contributed by atoms with Crippen molar-refractivity contribution in [1.29, 1.82) is 5.26 Å². The summed E-state index contributed by atoms with van der Waals surface area (Å²) in [5, 5.41) is 15.9. The van der Waals surface area contributed by atoms with Crippen molar-refractivity contribution in [3.05, 3.63) is 34.3 Å². The minimum atomic E-state index is -0.528. The maximum Gasteiger partial charge on any atom is 0.419 e. The van der Waals surface area contributed by atoms with E-state index in [2.05, 4.69) is 28.8 Å². The lowest BCUT2D eigenvalue weighted by Gasteiger charge is -2.54. The molecule has 33 heavy (non-hydrogen) atoms. The number of rotatable bonds is 5. The summed E-state index contributed by atoms with van der Waals surface area (Å²) < 4.78 is 12.5. The van der Waals surface area contributed by atoms with Crippen LogP contribution in [0.5, 0.6) is 0 Å². The van der Waals surface area contributed by atoms with Gasteiger partial charge in [-0.1, -0.05) is 6.07 Å². The number of fused-ring (bicyclic) bond motifs is 4. The maximum absolute atomic E-state index is 12.7. The number of amides is 1. The molecule has 2 bridgehead atoms. The Morgan fingerprint density at radius 3 is 2.79 bits per heavy atom. The molecule has 8 heteroatoms. The van der Waals surface area contributed by atoms with Crippen LogP contribution < -0.4 is 16.4 Å². The number of ether oxygens (including phenoxy) is 1. The number of oxazole rings is 1. The Morgan fingerprint density at radius 2 is 2.06 bits per heavy atom. The SMILES string of the molecule is Cn1c(=O)oc2ccc(C34CCC(C[C@H](C#N)NC(=O)[C@H]5CNCCCO5)(CC3)CC4)cc21. The highest BCUT2D eigenvalue weighted by atomic mass is 16.5. The van der Waals surface area contributed by atoms with Crippen LogP contribution in [0.1, 0.15) is 56.9 Å². The quantitative estimate of drug-likeness (QED) is 0.721. The zero-order chi connectivity index (χ0) is 23.1. The summed E-state index contributed by atoms with van der Waals surface area (Å²) in [7, 11) is 1.74. The molecule has 3 aliphatic carbocycles. The third kappa shape index (κ3) is 4.09. The molecule has 1 aromatic carbocycles. The van der Waals surface area contributed by atoms with Crippen LogP contribution in [0.2, 0.25) is 0 Å². The fourth-order valence-electron chi connectivity index (χ4n) is 6.17. The van der Waals surface area contributed by atoms with E-state index in [1.165, 1.54) is 5.56 Å². The van der Waals surface area contributed by atoms with Crippen molar-refractivity contribution in [1.82, 2.24) is 15.2 Å². The molecule has 0 spiro atoms. The standard InChI is InChI=1S/C25H32N4O4/c1-29-19-13-17(3-4-20(19)33-23(29)31)25-8-5-24(6-9-25,7-10-25)14-18(15-26)28-22(30)21-16-27-11-2-12-32-21/h3-4,13,18,21,27H,2,5-12,14,16H2,1H3,(H,28,30)/t18-,21-,24?,25?/m1/s1. The number of nitriles is 1. The van der Waals surface area contributed by atoms with E-state index in [-0.39, 0.29) is 22.5 Å². The molecule has 6 rings (SSSR count). The van der Waals surface area contributed by atoms with Gasteiger partial charge >= 0.3 is 5.76 Å². The fraction of sp³-hybridized carbons (Fsp3) is 0.640. The van der Waals surface area contributed by atoms with Crippen LogP contribution in [0.15, 0.2) is 27.4 Å².